The molecule has 1 heterocycles. The largest absolute Gasteiger partial charge is 0.496 e. The molecule has 1 saturated heterocycles. The molecule has 1 fully saturated rings. The number of hydrogen-bond donors (Lipinski definition) is 1. The van der Waals surface area contributed by atoms with Gasteiger partial charge in [0, 0.05) is 17.1 Å². The number of likely N-dealkylation sites (tertiary alicyclic amines) is 1. The first-order chi connectivity index (χ1) is 8.70. The number of halogens is 1. The molecule has 0 amide bonds. The third-order valence-corrected chi connectivity index (χ3v) is 3.67. The van der Waals surface area contributed by atoms with Gasteiger partial charge < -0.3 is 14.7 Å². The average molecular weight is 270 g/mol. The van der Waals surface area contributed by atoms with Crippen LogP contribution in [0.15, 0.2) is 18.2 Å². The molecule has 2 rings (SSSR count). The Morgan fingerprint density at radius 1 is 1.33 bits per heavy atom. The van der Waals surface area contributed by atoms with Crippen LogP contribution in [-0.4, -0.2) is 36.8 Å². The van der Waals surface area contributed by atoms with Gasteiger partial charge in [0.05, 0.1) is 13.2 Å². The number of methoxy groups -OCH3 is 1. The van der Waals surface area contributed by atoms with E-state index in [1.165, 1.54) is 19.3 Å². The van der Waals surface area contributed by atoms with Gasteiger partial charge in [0.25, 0.3) is 0 Å². The van der Waals surface area contributed by atoms with Crippen molar-refractivity contribution in [2.24, 2.45) is 0 Å². The summed E-state index contributed by atoms with van der Waals surface area (Å²) in [7, 11) is 1.61. The molecule has 0 saturated carbocycles. The smallest absolute Gasteiger partial charge is 0.124 e. The summed E-state index contributed by atoms with van der Waals surface area (Å²) in [5.41, 5.74) is 0.774. The van der Waals surface area contributed by atoms with E-state index >= 15 is 0 Å². The summed E-state index contributed by atoms with van der Waals surface area (Å²) in [6.45, 7) is 2.79. The first-order valence-electron chi connectivity index (χ1n) is 6.44. The van der Waals surface area contributed by atoms with E-state index in [-0.39, 0.29) is 0 Å². The highest BCUT2D eigenvalue weighted by molar-refractivity contribution is 6.30. The second-order valence-electron chi connectivity index (χ2n) is 4.76. The van der Waals surface area contributed by atoms with Gasteiger partial charge in [-0.15, -0.1) is 0 Å². The Morgan fingerprint density at radius 3 is 2.72 bits per heavy atom. The molecule has 4 heteroatoms. The van der Waals surface area contributed by atoms with E-state index in [0.717, 1.165) is 18.7 Å². The zero-order valence-corrected chi connectivity index (χ0v) is 11.5. The van der Waals surface area contributed by atoms with Crippen LogP contribution in [0.25, 0.3) is 0 Å². The predicted molar refractivity (Wildman–Crippen MR) is 73.3 cm³/mol. The zero-order chi connectivity index (χ0) is 13.0. The lowest BCUT2D eigenvalue weighted by atomic mass is 10.1. The van der Waals surface area contributed by atoms with Crippen LogP contribution >= 0.6 is 11.6 Å². The van der Waals surface area contributed by atoms with E-state index in [0.29, 0.717) is 17.3 Å². The molecule has 0 spiro atoms. The Bertz CT molecular complexity index is 391. The molecule has 0 bridgehead atoms. The fraction of sp³-hybridized carbons (Fsp3) is 0.571. The van der Waals surface area contributed by atoms with E-state index in [9.17, 15) is 5.11 Å². The molecule has 1 aliphatic heterocycles. The molecule has 0 aliphatic carbocycles. The Morgan fingerprint density at radius 2 is 2.06 bits per heavy atom. The Balaban J connectivity index is 2.07. The summed E-state index contributed by atoms with van der Waals surface area (Å²) in [5.74, 6) is 0.698. The number of hydrogen-bond acceptors (Lipinski definition) is 3. The van der Waals surface area contributed by atoms with Crippen molar-refractivity contribution in [3.8, 4) is 5.75 Å². The minimum Gasteiger partial charge on any atom is -0.496 e. The number of nitrogens with zero attached hydrogens (tertiary/aromatic N) is 1. The summed E-state index contributed by atoms with van der Waals surface area (Å²) in [6.07, 6.45) is 3.20. The van der Waals surface area contributed by atoms with Gasteiger partial charge in [0.2, 0.25) is 0 Å². The lowest BCUT2D eigenvalue weighted by Crippen LogP contribution is -2.33. The highest BCUT2D eigenvalue weighted by atomic mass is 35.5. The minimum absolute atomic E-state index is 0.545. The maximum Gasteiger partial charge on any atom is 0.124 e. The van der Waals surface area contributed by atoms with Crippen LogP contribution in [0.1, 0.15) is 30.9 Å². The maximum atomic E-state index is 10.3. The van der Waals surface area contributed by atoms with Gasteiger partial charge in [-0.3, -0.25) is 0 Å². The summed E-state index contributed by atoms with van der Waals surface area (Å²) in [6, 6.07) is 5.36. The Kier molecular flexibility index (Phi) is 4.87. The van der Waals surface area contributed by atoms with E-state index in [2.05, 4.69) is 4.90 Å². The second kappa shape index (κ2) is 6.41. The fourth-order valence-electron chi connectivity index (χ4n) is 2.45. The minimum atomic E-state index is -0.545. The first-order valence-corrected chi connectivity index (χ1v) is 6.82. The van der Waals surface area contributed by atoms with Crippen LogP contribution in [0.4, 0.5) is 0 Å². The van der Waals surface area contributed by atoms with E-state index in [4.69, 9.17) is 16.3 Å². The summed E-state index contributed by atoms with van der Waals surface area (Å²) in [5, 5.41) is 11.0. The van der Waals surface area contributed by atoms with Crippen molar-refractivity contribution >= 4 is 11.6 Å². The van der Waals surface area contributed by atoms with Crippen molar-refractivity contribution in [3.05, 3.63) is 28.8 Å². The van der Waals surface area contributed by atoms with Crippen molar-refractivity contribution in [1.29, 1.82) is 0 Å². The first kappa shape index (κ1) is 13.7. The number of benzene rings is 1. The number of ether oxygens (including phenoxy) is 1. The number of rotatable bonds is 4. The van der Waals surface area contributed by atoms with Crippen molar-refractivity contribution in [2.45, 2.75) is 25.4 Å². The predicted octanol–water partition coefficient (Wildman–Crippen LogP) is 2.87. The SMILES string of the molecule is COc1ccc(Cl)cc1C(O)CN1CCCCC1. The third-order valence-electron chi connectivity index (χ3n) is 3.43. The van der Waals surface area contributed by atoms with E-state index in [1.54, 1.807) is 25.3 Å². The van der Waals surface area contributed by atoms with Crippen LogP contribution in [0.5, 0.6) is 5.75 Å². The number of piperidine rings is 1. The highest BCUT2D eigenvalue weighted by Crippen LogP contribution is 2.29. The molecule has 1 aliphatic rings. The molecular weight excluding hydrogens is 250 g/mol. The van der Waals surface area contributed by atoms with Gasteiger partial charge in [0.1, 0.15) is 5.75 Å². The maximum absolute atomic E-state index is 10.3. The molecule has 0 radical (unpaired) electrons. The van der Waals surface area contributed by atoms with E-state index in [1.807, 2.05) is 0 Å². The van der Waals surface area contributed by atoms with Crippen LogP contribution in [0, 0.1) is 0 Å². The molecule has 1 aromatic rings. The molecule has 1 unspecified atom stereocenters. The van der Waals surface area contributed by atoms with Crippen molar-refractivity contribution < 1.29 is 9.84 Å². The summed E-state index contributed by atoms with van der Waals surface area (Å²) >= 11 is 5.98. The topological polar surface area (TPSA) is 32.7 Å². The lowest BCUT2D eigenvalue weighted by molar-refractivity contribution is 0.0994. The van der Waals surface area contributed by atoms with Crippen LogP contribution < -0.4 is 4.74 Å². The van der Waals surface area contributed by atoms with Crippen molar-refractivity contribution in [1.82, 2.24) is 4.90 Å². The van der Waals surface area contributed by atoms with Gasteiger partial charge in [-0.2, -0.15) is 0 Å². The summed E-state index contributed by atoms with van der Waals surface area (Å²) < 4.78 is 5.27. The zero-order valence-electron chi connectivity index (χ0n) is 10.7. The molecule has 1 atom stereocenters. The van der Waals surface area contributed by atoms with Crippen molar-refractivity contribution in [3.63, 3.8) is 0 Å². The molecule has 3 nitrogen and oxygen atoms in total. The molecule has 1 N–H and O–H groups in total. The molecule has 1 aromatic carbocycles. The number of aliphatic hydroxyl groups excluding tert-OH is 1. The third kappa shape index (κ3) is 3.37. The van der Waals surface area contributed by atoms with E-state index < -0.39 is 6.10 Å². The van der Waals surface area contributed by atoms with Crippen LogP contribution in [-0.2, 0) is 0 Å². The highest BCUT2D eigenvalue weighted by Gasteiger charge is 2.19. The van der Waals surface area contributed by atoms with Crippen LogP contribution in [0.3, 0.4) is 0 Å². The molecule has 18 heavy (non-hydrogen) atoms. The van der Waals surface area contributed by atoms with Gasteiger partial charge in [0.15, 0.2) is 0 Å². The normalized spacial score (nSPS) is 18.6. The van der Waals surface area contributed by atoms with Crippen LogP contribution in [0.2, 0.25) is 5.02 Å². The van der Waals surface area contributed by atoms with Crippen molar-refractivity contribution in [2.75, 3.05) is 26.7 Å². The average Bonchev–Trinajstić information content (AvgIpc) is 2.40. The number of aliphatic hydroxyl groups is 1. The molecule has 0 aromatic heterocycles. The van der Waals surface area contributed by atoms with Gasteiger partial charge in [-0.25, -0.2) is 0 Å². The van der Waals surface area contributed by atoms with Gasteiger partial charge in [-0.1, -0.05) is 18.0 Å². The van der Waals surface area contributed by atoms with Gasteiger partial charge in [-0.05, 0) is 44.1 Å². The Hall–Kier alpha value is -0.770. The Labute approximate surface area is 113 Å². The standard InChI is InChI=1S/C14H20ClNO2/c1-18-14-6-5-11(15)9-12(14)13(17)10-16-7-3-2-4-8-16/h5-6,9,13,17H,2-4,7-8,10H2,1H3. The molecular formula is C14H20ClNO2. The monoisotopic (exact) mass is 269 g/mol. The van der Waals surface area contributed by atoms with Gasteiger partial charge >= 0.3 is 0 Å². The second-order valence-corrected chi connectivity index (χ2v) is 5.20. The quantitative estimate of drug-likeness (QED) is 0.912. The summed E-state index contributed by atoms with van der Waals surface area (Å²) in [4.78, 5) is 2.30. The number of β-amino-alcohol motifs (C(OH)–C–C–N with tert-alkyl or cyclic N) is 1. The molecule has 100 valence electrons. The fourth-order valence-corrected chi connectivity index (χ4v) is 2.63. The lowest BCUT2D eigenvalue weighted by Gasteiger charge is -2.29.